The van der Waals surface area contributed by atoms with E-state index in [1.807, 2.05) is 45.2 Å². The molecule has 0 aliphatic carbocycles. The van der Waals surface area contributed by atoms with Gasteiger partial charge in [0.05, 0.1) is 0 Å². The minimum Gasteiger partial charge on any atom is -0.508 e. The van der Waals surface area contributed by atoms with E-state index in [0.29, 0.717) is 12.7 Å². The maximum atomic E-state index is 10.6. The summed E-state index contributed by atoms with van der Waals surface area (Å²) in [5, 5.41) is 27.2. The van der Waals surface area contributed by atoms with E-state index in [9.17, 15) is 15.0 Å². The molecule has 0 saturated carbocycles. The highest BCUT2D eigenvalue weighted by Crippen LogP contribution is 2.29. The molecule has 0 radical (unpaired) electrons. The van der Waals surface area contributed by atoms with Crippen LogP contribution in [-0.2, 0) is 4.79 Å². The molecule has 1 unspecified atom stereocenters. The summed E-state index contributed by atoms with van der Waals surface area (Å²) in [5.41, 5.74) is 0.316. The van der Waals surface area contributed by atoms with Crippen LogP contribution in [0.5, 0.6) is 5.75 Å². The van der Waals surface area contributed by atoms with Crippen LogP contribution in [0, 0.1) is 7.14 Å². The molecule has 0 fully saturated rings. The number of hydrogen-bond acceptors (Lipinski definition) is 3. The number of carboxylic acid groups (broad SMARTS) is 1. The summed E-state index contributed by atoms with van der Waals surface area (Å²) in [6.07, 6.45) is -1.55. The summed E-state index contributed by atoms with van der Waals surface area (Å²) in [5.74, 6) is -1.24. The van der Waals surface area contributed by atoms with Gasteiger partial charge < -0.3 is 15.3 Å². The Balaban J connectivity index is 3.27. The van der Waals surface area contributed by atoms with Crippen molar-refractivity contribution in [1.82, 2.24) is 0 Å². The number of rotatable bonds is 2. The number of aromatic hydroxyl groups is 1. The van der Waals surface area contributed by atoms with Crippen LogP contribution in [0.25, 0.3) is 0 Å². The second kappa shape index (κ2) is 4.62. The van der Waals surface area contributed by atoms with Gasteiger partial charge in [-0.1, -0.05) is 0 Å². The molecule has 0 amide bonds. The van der Waals surface area contributed by atoms with Crippen LogP contribution < -0.4 is 0 Å². The minimum atomic E-state index is -1.55. The van der Waals surface area contributed by atoms with Crippen LogP contribution in [0.15, 0.2) is 12.1 Å². The van der Waals surface area contributed by atoms with E-state index in [1.165, 1.54) is 12.1 Å². The number of phenolic OH excluding ortho intramolecular Hbond substituents is 1. The zero-order valence-corrected chi connectivity index (χ0v) is 11.1. The molecular formula is C8H6I2O4. The van der Waals surface area contributed by atoms with Gasteiger partial charge in [0.15, 0.2) is 6.10 Å². The first kappa shape index (κ1) is 12.0. The molecule has 0 saturated heterocycles. The smallest absolute Gasteiger partial charge is 0.337 e. The quantitative estimate of drug-likeness (QED) is 0.638. The number of aliphatic hydroxyl groups excluding tert-OH is 1. The molecule has 0 aromatic heterocycles. The summed E-state index contributed by atoms with van der Waals surface area (Å²) >= 11 is 3.74. The molecule has 1 aromatic carbocycles. The predicted molar refractivity (Wildman–Crippen MR) is 66.1 cm³/mol. The third-order valence-corrected chi connectivity index (χ3v) is 3.36. The van der Waals surface area contributed by atoms with E-state index in [2.05, 4.69) is 0 Å². The van der Waals surface area contributed by atoms with Crippen LogP contribution in [0.1, 0.15) is 11.7 Å². The number of aliphatic hydroxyl groups is 1. The third-order valence-electron chi connectivity index (χ3n) is 1.57. The monoisotopic (exact) mass is 420 g/mol. The van der Waals surface area contributed by atoms with Gasteiger partial charge in [-0.25, -0.2) is 4.79 Å². The molecule has 1 atom stereocenters. The normalized spacial score (nSPS) is 12.5. The van der Waals surface area contributed by atoms with Gasteiger partial charge in [0.2, 0.25) is 0 Å². The Morgan fingerprint density at radius 2 is 1.71 bits per heavy atom. The lowest BCUT2D eigenvalue weighted by molar-refractivity contribution is -0.147. The number of benzene rings is 1. The lowest BCUT2D eigenvalue weighted by Gasteiger charge is -2.11. The molecular weight excluding hydrogens is 414 g/mol. The highest BCUT2D eigenvalue weighted by molar-refractivity contribution is 14.1. The van der Waals surface area contributed by atoms with Crippen molar-refractivity contribution in [2.45, 2.75) is 6.10 Å². The van der Waals surface area contributed by atoms with Crippen LogP contribution in [0.2, 0.25) is 0 Å². The lowest BCUT2D eigenvalue weighted by atomic mass is 10.1. The van der Waals surface area contributed by atoms with Gasteiger partial charge in [0.25, 0.3) is 0 Å². The van der Waals surface area contributed by atoms with Gasteiger partial charge in [0.1, 0.15) is 5.75 Å². The molecule has 0 aliphatic rings. The summed E-state index contributed by atoms with van der Waals surface area (Å²) < 4.78 is 1.06. The molecule has 0 aliphatic heterocycles. The van der Waals surface area contributed by atoms with Gasteiger partial charge in [-0.2, -0.15) is 0 Å². The molecule has 0 bridgehead atoms. The first-order valence-corrected chi connectivity index (χ1v) is 5.68. The number of halogens is 2. The Hall–Kier alpha value is -0.0900. The third kappa shape index (κ3) is 2.48. The predicted octanol–water partition coefficient (Wildman–Crippen LogP) is 1.72. The highest BCUT2D eigenvalue weighted by atomic mass is 127. The van der Waals surface area contributed by atoms with Crippen molar-refractivity contribution < 1.29 is 20.1 Å². The average Bonchev–Trinajstić information content (AvgIpc) is 2.01. The Bertz CT molecular complexity index is 355. The van der Waals surface area contributed by atoms with Crippen LogP contribution in [0.4, 0.5) is 0 Å². The first-order chi connectivity index (χ1) is 6.43. The largest absolute Gasteiger partial charge is 0.508 e. The van der Waals surface area contributed by atoms with Gasteiger partial charge in [-0.15, -0.1) is 0 Å². The van der Waals surface area contributed by atoms with Crippen molar-refractivity contribution in [3.05, 3.63) is 24.8 Å². The maximum Gasteiger partial charge on any atom is 0.337 e. The fourth-order valence-electron chi connectivity index (χ4n) is 0.956. The SMILES string of the molecule is O=C(O)C(O)c1c(I)cc(O)cc1I. The van der Waals surface area contributed by atoms with Crippen LogP contribution in [0.3, 0.4) is 0 Å². The number of carboxylic acids is 1. The average molecular weight is 420 g/mol. The van der Waals surface area contributed by atoms with E-state index >= 15 is 0 Å². The Kier molecular flexibility index (Phi) is 3.95. The van der Waals surface area contributed by atoms with Crippen molar-refractivity contribution in [3.63, 3.8) is 0 Å². The zero-order valence-electron chi connectivity index (χ0n) is 6.74. The number of phenols is 1. The fourth-order valence-corrected chi connectivity index (χ4v) is 3.28. The van der Waals surface area contributed by atoms with Crippen LogP contribution in [-0.4, -0.2) is 21.3 Å². The van der Waals surface area contributed by atoms with Crippen molar-refractivity contribution >= 4 is 51.2 Å². The van der Waals surface area contributed by atoms with Crippen molar-refractivity contribution in [2.75, 3.05) is 0 Å². The van der Waals surface area contributed by atoms with E-state index < -0.39 is 12.1 Å². The number of hydrogen-bond donors (Lipinski definition) is 3. The second-order valence-corrected chi connectivity index (χ2v) is 4.89. The Morgan fingerprint density at radius 3 is 2.07 bits per heavy atom. The molecule has 3 N–H and O–H groups in total. The van der Waals surface area contributed by atoms with E-state index in [-0.39, 0.29) is 5.75 Å². The van der Waals surface area contributed by atoms with E-state index in [4.69, 9.17) is 5.11 Å². The van der Waals surface area contributed by atoms with Gasteiger partial charge in [0, 0.05) is 12.7 Å². The number of carbonyl (C=O) groups is 1. The maximum absolute atomic E-state index is 10.6. The first-order valence-electron chi connectivity index (χ1n) is 3.52. The van der Waals surface area contributed by atoms with E-state index in [1.54, 1.807) is 0 Å². The van der Waals surface area contributed by atoms with Crippen molar-refractivity contribution in [3.8, 4) is 5.75 Å². The van der Waals surface area contributed by atoms with Gasteiger partial charge in [-0.05, 0) is 57.3 Å². The molecule has 1 aromatic rings. The van der Waals surface area contributed by atoms with Gasteiger partial charge >= 0.3 is 5.97 Å². The molecule has 0 spiro atoms. The highest BCUT2D eigenvalue weighted by Gasteiger charge is 2.22. The van der Waals surface area contributed by atoms with Crippen LogP contribution >= 0.6 is 45.2 Å². The topological polar surface area (TPSA) is 77.8 Å². The second-order valence-electron chi connectivity index (χ2n) is 2.56. The molecule has 4 nitrogen and oxygen atoms in total. The fraction of sp³-hybridized carbons (Fsp3) is 0.125. The summed E-state index contributed by atoms with van der Waals surface area (Å²) in [4.78, 5) is 10.6. The molecule has 6 heteroatoms. The van der Waals surface area contributed by atoms with Crippen molar-refractivity contribution in [2.24, 2.45) is 0 Å². The molecule has 76 valence electrons. The van der Waals surface area contributed by atoms with E-state index in [0.717, 1.165) is 0 Å². The Labute approximate surface area is 107 Å². The molecule has 14 heavy (non-hydrogen) atoms. The summed E-state index contributed by atoms with van der Waals surface area (Å²) in [7, 11) is 0. The zero-order chi connectivity index (χ0) is 10.9. The standard InChI is InChI=1S/C8H6I2O4/c9-4-1-3(11)2-5(10)6(4)7(12)8(13)14/h1-2,7,11-12H,(H,13,14). The summed E-state index contributed by atoms with van der Waals surface area (Å²) in [6, 6.07) is 2.81. The number of aliphatic carboxylic acids is 1. The summed E-state index contributed by atoms with van der Waals surface area (Å²) in [6.45, 7) is 0. The molecule has 1 rings (SSSR count). The van der Waals surface area contributed by atoms with Gasteiger partial charge in [-0.3, -0.25) is 0 Å². The molecule has 0 heterocycles. The van der Waals surface area contributed by atoms with Crippen molar-refractivity contribution in [1.29, 1.82) is 0 Å². The minimum absolute atomic E-state index is 0.0557. The Morgan fingerprint density at radius 1 is 1.29 bits per heavy atom. The lowest BCUT2D eigenvalue weighted by Crippen LogP contribution is -2.13.